The number of rotatable bonds is 3. The summed E-state index contributed by atoms with van der Waals surface area (Å²) >= 11 is 0. The second kappa shape index (κ2) is 4.66. The lowest BCUT2D eigenvalue weighted by Crippen LogP contribution is -2.19. The molecule has 0 saturated heterocycles. The Morgan fingerprint density at radius 2 is 2.06 bits per heavy atom. The van der Waals surface area contributed by atoms with Crippen molar-refractivity contribution in [1.29, 1.82) is 0 Å². The fraction of sp³-hybridized carbons (Fsp3) is 0.462. The van der Waals surface area contributed by atoms with Crippen LogP contribution in [-0.4, -0.2) is 11.1 Å². The molecule has 1 fully saturated rings. The van der Waals surface area contributed by atoms with Gasteiger partial charge in [-0.15, -0.1) is 0 Å². The quantitative estimate of drug-likeness (QED) is 0.821. The van der Waals surface area contributed by atoms with E-state index >= 15 is 0 Å². The smallest absolute Gasteiger partial charge is 0.335 e. The van der Waals surface area contributed by atoms with E-state index in [2.05, 4.69) is 0 Å². The zero-order valence-electron chi connectivity index (χ0n) is 9.23. The first-order chi connectivity index (χ1) is 7.68. The third-order valence-electron chi connectivity index (χ3n) is 3.43. The lowest BCUT2D eigenvalue weighted by molar-refractivity contribution is 0.0696. The Morgan fingerprint density at radius 1 is 1.38 bits per heavy atom. The Labute approximate surface area is 95.3 Å². The van der Waals surface area contributed by atoms with Crippen LogP contribution in [0.25, 0.3) is 0 Å². The monoisotopic (exact) mass is 219 g/mol. The number of nitrogens with two attached hydrogens (primary N) is 1. The molecular formula is C13H17NO2. The van der Waals surface area contributed by atoms with E-state index in [1.54, 1.807) is 18.2 Å². The van der Waals surface area contributed by atoms with Crippen molar-refractivity contribution in [2.45, 2.75) is 31.7 Å². The van der Waals surface area contributed by atoms with Gasteiger partial charge in [-0.05, 0) is 36.5 Å². The van der Waals surface area contributed by atoms with Crippen molar-refractivity contribution in [3.05, 3.63) is 35.4 Å². The zero-order chi connectivity index (χ0) is 11.5. The maximum absolute atomic E-state index is 10.9. The van der Waals surface area contributed by atoms with Gasteiger partial charge in [0.05, 0.1) is 5.56 Å². The summed E-state index contributed by atoms with van der Waals surface area (Å²) in [6.07, 6.45) is 4.82. The van der Waals surface area contributed by atoms with E-state index in [9.17, 15) is 4.79 Å². The topological polar surface area (TPSA) is 63.3 Å². The standard InChI is InChI=1S/C13H17NO2/c14-12(9-4-1-2-5-9)10-6-3-7-11(8-10)13(15)16/h3,6-9,12H,1-2,4-5,14H2,(H,15,16). The number of benzene rings is 1. The SMILES string of the molecule is NC(c1cccc(C(=O)O)c1)C1CCCC1. The molecule has 1 unspecified atom stereocenters. The molecule has 1 aliphatic carbocycles. The molecule has 1 saturated carbocycles. The Hall–Kier alpha value is -1.35. The van der Waals surface area contributed by atoms with Gasteiger partial charge in [-0.3, -0.25) is 0 Å². The zero-order valence-corrected chi connectivity index (χ0v) is 9.23. The van der Waals surface area contributed by atoms with Crippen molar-refractivity contribution < 1.29 is 9.90 Å². The number of hydrogen-bond acceptors (Lipinski definition) is 2. The van der Waals surface area contributed by atoms with Crippen molar-refractivity contribution in [3.63, 3.8) is 0 Å². The highest BCUT2D eigenvalue weighted by molar-refractivity contribution is 5.87. The normalized spacial score (nSPS) is 18.6. The molecule has 2 rings (SSSR count). The second-order valence-corrected chi connectivity index (χ2v) is 4.50. The van der Waals surface area contributed by atoms with Crippen molar-refractivity contribution in [3.8, 4) is 0 Å². The summed E-state index contributed by atoms with van der Waals surface area (Å²) in [6, 6.07) is 6.99. The fourth-order valence-corrected chi connectivity index (χ4v) is 2.47. The Kier molecular flexibility index (Phi) is 3.25. The number of carboxylic acids is 1. The Morgan fingerprint density at radius 3 is 2.69 bits per heavy atom. The van der Waals surface area contributed by atoms with E-state index in [-0.39, 0.29) is 6.04 Å². The summed E-state index contributed by atoms with van der Waals surface area (Å²) in [4.78, 5) is 10.9. The number of carboxylic acid groups (broad SMARTS) is 1. The van der Waals surface area contributed by atoms with Gasteiger partial charge in [0, 0.05) is 6.04 Å². The predicted octanol–water partition coefficient (Wildman–Crippen LogP) is 2.57. The Bertz CT molecular complexity index is 383. The lowest BCUT2D eigenvalue weighted by atomic mass is 9.92. The molecule has 0 amide bonds. The molecule has 0 heterocycles. The van der Waals surface area contributed by atoms with Crippen LogP contribution >= 0.6 is 0 Å². The third kappa shape index (κ3) is 2.25. The molecule has 3 N–H and O–H groups in total. The molecule has 0 aromatic heterocycles. The fourth-order valence-electron chi connectivity index (χ4n) is 2.47. The van der Waals surface area contributed by atoms with Crippen molar-refractivity contribution in [1.82, 2.24) is 0 Å². The summed E-state index contributed by atoms with van der Waals surface area (Å²) < 4.78 is 0. The molecule has 1 aliphatic rings. The predicted molar refractivity (Wildman–Crippen MR) is 62.3 cm³/mol. The minimum Gasteiger partial charge on any atom is -0.478 e. The molecule has 1 aromatic rings. The first kappa shape index (κ1) is 11.1. The molecule has 1 atom stereocenters. The van der Waals surface area contributed by atoms with Gasteiger partial charge >= 0.3 is 5.97 Å². The van der Waals surface area contributed by atoms with E-state index in [0.717, 1.165) is 5.56 Å². The number of carbonyl (C=O) groups is 1. The number of aromatic carboxylic acids is 1. The van der Waals surface area contributed by atoms with Gasteiger partial charge in [0.1, 0.15) is 0 Å². The highest BCUT2D eigenvalue weighted by atomic mass is 16.4. The average molecular weight is 219 g/mol. The first-order valence-corrected chi connectivity index (χ1v) is 5.77. The molecule has 0 radical (unpaired) electrons. The van der Waals surface area contributed by atoms with Crippen LogP contribution < -0.4 is 5.73 Å². The second-order valence-electron chi connectivity index (χ2n) is 4.50. The molecular weight excluding hydrogens is 202 g/mol. The van der Waals surface area contributed by atoms with E-state index < -0.39 is 5.97 Å². The molecule has 3 nitrogen and oxygen atoms in total. The van der Waals surface area contributed by atoms with Crippen molar-refractivity contribution >= 4 is 5.97 Å². The summed E-state index contributed by atoms with van der Waals surface area (Å²) in [6.45, 7) is 0. The molecule has 86 valence electrons. The van der Waals surface area contributed by atoms with Crippen molar-refractivity contribution in [2.24, 2.45) is 11.7 Å². The van der Waals surface area contributed by atoms with Crippen LogP contribution in [0.5, 0.6) is 0 Å². The van der Waals surface area contributed by atoms with Gasteiger partial charge in [-0.1, -0.05) is 25.0 Å². The minimum absolute atomic E-state index is 0.0122. The summed E-state index contributed by atoms with van der Waals surface area (Å²) in [5.74, 6) is -0.371. The maximum Gasteiger partial charge on any atom is 0.335 e. The summed E-state index contributed by atoms with van der Waals surface area (Å²) in [5, 5.41) is 8.92. The molecule has 0 bridgehead atoms. The Balaban J connectivity index is 2.18. The van der Waals surface area contributed by atoms with Gasteiger partial charge in [0.25, 0.3) is 0 Å². The van der Waals surface area contributed by atoms with E-state index in [1.807, 2.05) is 6.07 Å². The van der Waals surface area contributed by atoms with Crippen LogP contribution in [0, 0.1) is 5.92 Å². The lowest BCUT2D eigenvalue weighted by Gasteiger charge is -2.19. The van der Waals surface area contributed by atoms with Gasteiger partial charge in [-0.2, -0.15) is 0 Å². The molecule has 1 aromatic carbocycles. The number of hydrogen-bond donors (Lipinski definition) is 2. The third-order valence-corrected chi connectivity index (χ3v) is 3.43. The van der Waals surface area contributed by atoms with Gasteiger partial charge in [-0.25, -0.2) is 4.79 Å². The molecule has 0 aliphatic heterocycles. The average Bonchev–Trinajstić information content (AvgIpc) is 2.81. The minimum atomic E-state index is -0.888. The summed E-state index contributed by atoms with van der Waals surface area (Å²) in [7, 11) is 0. The van der Waals surface area contributed by atoms with E-state index in [0.29, 0.717) is 11.5 Å². The highest BCUT2D eigenvalue weighted by Gasteiger charge is 2.23. The van der Waals surface area contributed by atoms with Crippen LogP contribution in [0.15, 0.2) is 24.3 Å². The molecule has 0 spiro atoms. The molecule has 16 heavy (non-hydrogen) atoms. The van der Waals surface area contributed by atoms with Crippen LogP contribution in [0.1, 0.15) is 47.6 Å². The van der Waals surface area contributed by atoms with Crippen molar-refractivity contribution in [2.75, 3.05) is 0 Å². The van der Waals surface area contributed by atoms with Gasteiger partial charge in [0.15, 0.2) is 0 Å². The van der Waals surface area contributed by atoms with E-state index in [1.165, 1.54) is 25.7 Å². The molecule has 3 heteroatoms. The summed E-state index contributed by atoms with van der Waals surface area (Å²) in [5.41, 5.74) is 7.45. The largest absolute Gasteiger partial charge is 0.478 e. The first-order valence-electron chi connectivity index (χ1n) is 5.77. The van der Waals surface area contributed by atoms with Gasteiger partial charge < -0.3 is 10.8 Å². The van der Waals surface area contributed by atoms with Gasteiger partial charge in [0.2, 0.25) is 0 Å². The van der Waals surface area contributed by atoms with Crippen LogP contribution in [0.2, 0.25) is 0 Å². The highest BCUT2D eigenvalue weighted by Crippen LogP contribution is 2.34. The maximum atomic E-state index is 10.9. The van der Waals surface area contributed by atoms with E-state index in [4.69, 9.17) is 10.8 Å². The van der Waals surface area contributed by atoms with Crippen LogP contribution in [0.4, 0.5) is 0 Å². The van der Waals surface area contributed by atoms with Crippen LogP contribution in [-0.2, 0) is 0 Å². The van der Waals surface area contributed by atoms with Crippen LogP contribution in [0.3, 0.4) is 0 Å².